The highest BCUT2D eigenvalue weighted by atomic mass is 16.1. The van der Waals surface area contributed by atoms with E-state index in [-0.39, 0.29) is 0 Å². The Morgan fingerprint density at radius 3 is 2.53 bits per heavy atom. The molecule has 1 aromatic rings. The highest BCUT2D eigenvalue weighted by Crippen LogP contribution is 2.10. The molecule has 0 bridgehead atoms. The molecule has 0 aromatic heterocycles. The van der Waals surface area contributed by atoms with E-state index in [4.69, 9.17) is 5.73 Å². The summed E-state index contributed by atoms with van der Waals surface area (Å²) in [6.45, 7) is 5.10. The number of nitrogens with zero attached hydrogens (tertiary/aromatic N) is 2. The standard InChI is InChI=1S/C13H19N3O/c14-9-12-2-1-3-13(8-12)10-15-4-6-16(11-17)7-5-15/h1-3,8,11H,4-7,9-10,14H2. The van der Waals surface area contributed by atoms with Crippen molar-refractivity contribution >= 4 is 6.41 Å². The van der Waals surface area contributed by atoms with Crippen LogP contribution in [0.4, 0.5) is 0 Å². The number of rotatable bonds is 4. The van der Waals surface area contributed by atoms with Gasteiger partial charge in [0.1, 0.15) is 0 Å². The van der Waals surface area contributed by atoms with Gasteiger partial charge in [-0.1, -0.05) is 24.3 Å². The highest BCUT2D eigenvalue weighted by molar-refractivity contribution is 5.47. The Morgan fingerprint density at radius 2 is 1.88 bits per heavy atom. The Balaban J connectivity index is 1.90. The molecule has 1 aliphatic heterocycles. The first-order chi connectivity index (χ1) is 8.31. The molecule has 2 N–H and O–H groups in total. The predicted molar refractivity (Wildman–Crippen MR) is 67.2 cm³/mol. The first-order valence-electron chi connectivity index (χ1n) is 6.01. The van der Waals surface area contributed by atoms with E-state index in [0.29, 0.717) is 6.54 Å². The summed E-state index contributed by atoms with van der Waals surface area (Å²) in [5, 5.41) is 0. The van der Waals surface area contributed by atoms with Gasteiger partial charge in [-0.25, -0.2) is 0 Å². The van der Waals surface area contributed by atoms with E-state index < -0.39 is 0 Å². The third kappa shape index (κ3) is 3.28. The summed E-state index contributed by atoms with van der Waals surface area (Å²) in [6, 6.07) is 8.39. The molecule has 0 atom stereocenters. The predicted octanol–water partition coefficient (Wildman–Crippen LogP) is 0.419. The number of carbonyl (C=O) groups is 1. The van der Waals surface area contributed by atoms with Crippen molar-refractivity contribution in [3.63, 3.8) is 0 Å². The largest absolute Gasteiger partial charge is 0.343 e. The molecule has 2 rings (SSSR count). The van der Waals surface area contributed by atoms with Crippen molar-refractivity contribution in [2.75, 3.05) is 26.2 Å². The number of benzene rings is 1. The van der Waals surface area contributed by atoms with E-state index in [2.05, 4.69) is 23.1 Å². The molecule has 0 radical (unpaired) electrons. The summed E-state index contributed by atoms with van der Waals surface area (Å²) in [4.78, 5) is 14.8. The molecule has 1 saturated heterocycles. The Labute approximate surface area is 102 Å². The van der Waals surface area contributed by atoms with E-state index in [1.807, 2.05) is 11.0 Å². The van der Waals surface area contributed by atoms with Gasteiger partial charge in [-0.2, -0.15) is 0 Å². The SMILES string of the molecule is NCc1cccc(CN2CCN(C=O)CC2)c1. The molecule has 1 aliphatic rings. The summed E-state index contributed by atoms with van der Waals surface area (Å²) in [6.07, 6.45) is 0.937. The van der Waals surface area contributed by atoms with Crippen LogP contribution in [-0.4, -0.2) is 42.4 Å². The van der Waals surface area contributed by atoms with Gasteiger partial charge in [0.25, 0.3) is 0 Å². The van der Waals surface area contributed by atoms with Crippen LogP contribution in [-0.2, 0) is 17.9 Å². The van der Waals surface area contributed by atoms with Crippen LogP contribution in [0.3, 0.4) is 0 Å². The van der Waals surface area contributed by atoms with Crippen LogP contribution in [0.25, 0.3) is 0 Å². The van der Waals surface area contributed by atoms with E-state index in [1.54, 1.807) is 0 Å². The van der Waals surface area contributed by atoms with Crippen molar-refractivity contribution in [1.82, 2.24) is 9.80 Å². The van der Waals surface area contributed by atoms with Gasteiger partial charge in [0.15, 0.2) is 0 Å². The fourth-order valence-electron chi connectivity index (χ4n) is 2.14. The van der Waals surface area contributed by atoms with Gasteiger partial charge in [0.05, 0.1) is 0 Å². The van der Waals surface area contributed by atoms with Crippen molar-refractivity contribution in [2.24, 2.45) is 5.73 Å². The van der Waals surface area contributed by atoms with Crippen molar-refractivity contribution in [1.29, 1.82) is 0 Å². The molecule has 0 unspecified atom stereocenters. The van der Waals surface area contributed by atoms with Gasteiger partial charge in [-0.15, -0.1) is 0 Å². The summed E-state index contributed by atoms with van der Waals surface area (Å²) < 4.78 is 0. The fraction of sp³-hybridized carbons (Fsp3) is 0.462. The van der Waals surface area contributed by atoms with Crippen LogP contribution in [0, 0.1) is 0 Å². The van der Waals surface area contributed by atoms with Gasteiger partial charge < -0.3 is 10.6 Å². The molecule has 92 valence electrons. The maximum absolute atomic E-state index is 10.6. The smallest absolute Gasteiger partial charge is 0.209 e. The molecule has 1 heterocycles. The summed E-state index contributed by atoms with van der Waals surface area (Å²) in [5.41, 5.74) is 8.10. The zero-order chi connectivity index (χ0) is 12.1. The van der Waals surface area contributed by atoms with Gasteiger partial charge in [-0.3, -0.25) is 9.69 Å². The number of piperazine rings is 1. The van der Waals surface area contributed by atoms with Crippen LogP contribution in [0.15, 0.2) is 24.3 Å². The quantitative estimate of drug-likeness (QED) is 0.767. The summed E-state index contributed by atoms with van der Waals surface area (Å²) in [7, 11) is 0. The van der Waals surface area contributed by atoms with Gasteiger partial charge >= 0.3 is 0 Å². The Kier molecular flexibility index (Phi) is 4.12. The molecule has 4 heteroatoms. The number of nitrogens with two attached hydrogens (primary N) is 1. The lowest BCUT2D eigenvalue weighted by atomic mass is 10.1. The molecule has 1 amide bonds. The fourth-order valence-corrected chi connectivity index (χ4v) is 2.14. The Bertz CT molecular complexity index is 373. The van der Waals surface area contributed by atoms with Crippen LogP contribution in [0.2, 0.25) is 0 Å². The highest BCUT2D eigenvalue weighted by Gasteiger charge is 2.15. The Morgan fingerprint density at radius 1 is 1.18 bits per heavy atom. The second-order valence-corrected chi connectivity index (χ2v) is 4.44. The second kappa shape index (κ2) is 5.80. The first-order valence-corrected chi connectivity index (χ1v) is 6.01. The second-order valence-electron chi connectivity index (χ2n) is 4.44. The van der Waals surface area contributed by atoms with Crippen LogP contribution < -0.4 is 5.73 Å². The number of hydrogen-bond donors (Lipinski definition) is 1. The van der Waals surface area contributed by atoms with Crippen LogP contribution >= 0.6 is 0 Å². The van der Waals surface area contributed by atoms with E-state index in [1.165, 1.54) is 11.1 Å². The normalized spacial score (nSPS) is 17.1. The maximum atomic E-state index is 10.6. The molecular formula is C13H19N3O. The minimum absolute atomic E-state index is 0.590. The number of hydrogen-bond acceptors (Lipinski definition) is 3. The third-order valence-electron chi connectivity index (χ3n) is 3.19. The zero-order valence-electron chi connectivity index (χ0n) is 10.0. The topological polar surface area (TPSA) is 49.6 Å². The summed E-state index contributed by atoms with van der Waals surface area (Å²) >= 11 is 0. The van der Waals surface area contributed by atoms with Crippen LogP contribution in [0.1, 0.15) is 11.1 Å². The maximum Gasteiger partial charge on any atom is 0.209 e. The molecule has 0 aliphatic carbocycles. The minimum atomic E-state index is 0.590. The first kappa shape index (κ1) is 12.1. The van der Waals surface area contributed by atoms with Crippen molar-refractivity contribution in [3.05, 3.63) is 35.4 Å². The van der Waals surface area contributed by atoms with E-state index in [9.17, 15) is 4.79 Å². The molecule has 0 saturated carbocycles. The van der Waals surface area contributed by atoms with Gasteiger partial charge in [0, 0.05) is 39.3 Å². The molecule has 17 heavy (non-hydrogen) atoms. The molecular weight excluding hydrogens is 214 g/mol. The van der Waals surface area contributed by atoms with Gasteiger partial charge in [0.2, 0.25) is 6.41 Å². The lowest BCUT2D eigenvalue weighted by Gasteiger charge is -2.32. The van der Waals surface area contributed by atoms with Crippen molar-refractivity contribution in [2.45, 2.75) is 13.1 Å². The lowest BCUT2D eigenvalue weighted by Crippen LogP contribution is -2.45. The molecule has 1 aromatic carbocycles. The zero-order valence-corrected chi connectivity index (χ0v) is 10.0. The molecule has 4 nitrogen and oxygen atoms in total. The monoisotopic (exact) mass is 233 g/mol. The van der Waals surface area contributed by atoms with E-state index in [0.717, 1.165) is 39.1 Å². The molecule has 1 fully saturated rings. The minimum Gasteiger partial charge on any atom is -0.343 e. The van der Waals surface area contributed by atoms with E-state index >= 15 is 0 Å². The van der Waals surface area contributed by atoms with Crippen molar-refractivity contribution in [3.8, 4) is 0 Å². The lowest BCUT2D eigenvalue weighted by molar-refractivity contribution is -0.119. The number of carbonyl (C=O) groups excluding carboxylic acids is 1. The number of amides is 1. The third-order valence-corrected chi connectivity index (χ3v) is 3.19. The van der Waals surface area contributed by atoms with Crippen LogP contribution in [0.5, 0.6) is 0 Å². The van der Waals surface area contributed by atoms with Crippen molar-refractivity contribution < 1.29 is 4.79 Å². The van der Waals surface area contributed by atoms with Gasteiger partial charge in [-0.05, 0) is 11.1 Å². The average molecular weight is 233 g/mol. The Hall–Kier alpha value is -1.39. The summed E-state index contributed by atoms with van der Waals surface area (Å²) in [5.74, 6) is 0. The molecule has 0 spiro atoms. The average Bonchev–Trinajstić information content (AvgIpc) is 2.40.